The Kier molecular flexibility index (Phi) is 6.89. The average Bonchev–Trinajstić information content (AvgIpc) is 2.82. The van der Waals surface area contributed by atoms with Gasteiger partial charge in [0.05, 0.1) is 5.41 Å². The number of amides is 2. The summed E-state index contributed by atoms with van der Waals surface area (Å²) in [7, 11) is 0. The van der Waals surface area contributed by atoms with Gasteiger partial charge in [0.1, 0.15) is 0 Å². The largest absolute Gasteiger partial charge is 0.343 e. The smallest absolute Gasteiger partial charge is 0.235 e. The highest BCUT2D eigenvalue weighted by Gasteiger charge is 2.43. The first kappa shape index (κ1) is 23.1. The zero-order valence-electron chi connectivity index (χ0n) is 19.4. The fourth-order valence-corrected chi connectivity index (χ4v) is 5.39. The Labute approximate surface area is 200 Å². The molecule has 0 aliphatic carbocycles. The van der Waals surface area contributed by atoms with Crippen molar-refractivity contribution < 1.29 is 9.59 Å². The molecule has 1 fully saturated rings. The van der Waals surface area contributed by atoms with Gasteiger partial charge >= 0.3 is 0 Å². The molecule has 0 bridgehead atoms. The fourth-order valence-electron chi connectivity index (χ4n) is 4.51. The first-order valence-corrected chi connectivity index (χ1v) is 12.2. The normalized spacial score (nSPS) is 15.2. The Balaban J connectivity index is 1.50. The molecule has 3 aromatic rings. The minimum Gasteiger partial charge on any atom is -0.343 e. The third-order valence-corrected chi connectivity index (χ3v) is 7.68. The summed E-state index contributed by atoms with van der Waals surface area (Å²) < 4.78 is 0. The summed E-state index contributed by atoms with van der Waals surface area (Å²) >= 11 is 1.73. The summed E-state index contributed by atoms with van der Waals surface area (Å²) in [4.78, 5) is 29.6. The van der Waals surface area contributed by atoms with Crippen molar-refractivity contribution in [2.75, 3.05) is 18.4 Å². The zero-order valence-corrected chi connectivity index (χ0v) is 20.2. The highest BCUT2D eigenvalue weighted by molar-refractivity contribution is 7.99. The highest BCUT2D eigenvalue weighted by atomic mass is 32.2. The maximum Gasteiger partial charge on any atom is 0.235 e. The maximum absolute atomic E-state index is 13.6. The molecule has 1 N–H and O–H groups in total. The topological polar surface area (TPSA) is 49.4 Å². The zero-order chi connectivity index (χ0) is 23.4. The Morgan fingerprint density at radius 2 is 1.58 bits per heavy atom. The number of aryl methyl sites for hydroxylation is 2. The Morgan fingerprint density at radius 1 is 0.909 bits per heavy atom. The Hall–Kier alpha value is -3.05. The van der Waals surface area contributed by atoms with E-state index in [0.29, 0.717) is 25.9 Å². The molecule has 1 aliphatic heterocycles. The second-order valence-electron chi connectivity index (χ2n) is 8.80. The lowest BCUT2D eigenvalue weighted by molar-refractivity contribution is -0.133. The number of hydrogen-bond acceptors (Lipinski definition) is 3. The SMILES string of the molecule is CC(=O)N1CCC(C(=O)Nc2ccc(Sc3ccc(C)cc3C)cc2)(c2ccccc2)CC1. The van der Waals surface area contributed by atoms with Gasteiger partial charge in [-0.05, 0) is 68.1 Å². The van der Waals surface area contributed by atoms with E-state index in [4.69, 9.17) is 0 Å². The van der Waals surface area contributed by atoms with E-state index in [-0.39, 0.29) is 11.8 Å². The predicted octanol–water partition coefficient (Wildman–Crippen LogP) is 5.97. The first-order chi connectivity index (χ1) is 15.9. The summed E-state index contributed by atoms with van der Waals surface area (Å²) in [6.45, 7) is 6.99. The molecule has 4 rings (SSSR count). The van der Waals surface area contributed by atoms with Gasteiger partial charge in [-0.15, -0.1) is 0 Å². The van der Waals surface area contributed by atoms with Gasteiger partial charge in [0.2, 0.25) is 11.8 Å². The quantitative estimate of drug-likeness (QED) is 0.512. The maximum atomic E-state index is 13.6. The van der Waals surface area contributed by atoms with Crippen LogP contribution in [0.3, 0.4) is 0 Å². The average molecular weight is 459 g/mol. The summed E-state index contributed by atoms with van der Waals surface area (Å²) in [6.07, 6.45) is 1.23. The number of carbonyl (C=O) groups is 2. The first-order valence-electron chi connectivity index (χ1n) is 11.3. The molecule has 1 saturated heterocycles. The van der Waals surface area contributed by atoms with Crippen molar-refractivity contribution in [1.82, 2.24) is 4.90 Å². The van der Waals surface area contributed by atoms with Crippen molar-refractivity contribution in [2.45, 2.75) is 48.8 Å². The number of hydrogen-bond donors (Lipinski definition) is 1. The van der Waals surface area contributed by atoms with Crippen LogP contribution < -0.4 is 5.32 Å². The number of anilines is 1. The van der Waals surface area contributed by atoms with Crippen molar-refractivity contribution >= 4 is 29.3 Å². The molecule has 0 radical (unpaired) electrons. The number of rotatable bonds is 5. The summed E-state index contributed by atoms with van der Waals surface area (Å²) in [5, 5.41) is 3.15. The second-order valence-corrected chi connectivity index (χ2v) is 9.92. The van der Waals surface area contributed by atoms with Crippen LogP contribution in [-0.2, 0) is 15.0 Å². The number of likely N-dealkylation sites (tertiary alicyclic amines) is 1. The third kappa shape index (κ3) is 5.14. The molecule has 4 nitrogen and oxygen atoms in total. The van der Waals surface area contributed by atoms with E-state index in [0.717, 1.165) is 16.1 Å². The molecule has 0 saturated carbocycles. The molecule has 0 spiro atoms. The van der Waals surface area contributed by atoms with Crippen LogP contribution in [0.25, 0.3) is 0 Å². The van der Waals surface area contributed by atoms with Gasteiger partial charge < -0.3 is 10.2 Å². The molecule has 1 heterocycles. The summed E-state index contributed by atoms with van der Waals surface area (Å²) in [6, 6.07) is 24.5. The number of nitrogens with one attached hydrogen (secondary N) is 1. The minimum absolute atomic E-state index is 0.00770. The molecule has 3 aromatic carbocycles. The second kappa shape index (κ2) is 9.84. The molecular weight excluding hydrogens is 428 g/mol. The van der Waals surface area contributed by atoms with E-state index in [1.807, 2.05) is 59.5 Å². The molecule has 0 atom stereocenters. The van der Waals surface area contributed by atoms with E-state index in [2.05, 4.69) is 37.4 Å². The number of piperidine rings is 1. The molecule has 1 aliphatic rings. The lowest BCUT2D eigenvalue weighted by atomic mass is 9.72. The minimum atomic E-state index is -0.639. The van der Waals surface area contributed by atoms with Crippen LogP contribution in [0.1, 0.15) is 36.5 Å². The van der Waals surface area contributed by atoms with Crippen LogP contribution in [0.4, 0.5) is 5.69 Å². The van der Waals surface area contributed by atoms with Crippen molar-refractivity contribution in [3.8, 4) is 0 Å². The van der Waals surface area contributed by atoms with Crippen LogP contribution in [0.2, 0.25) is 0 Å². The van der Waals surface area contributed by atoms with E-state index in [1.54, 1.807) is 18.7 Å². The summed E-state index contributed by atoms with van der Waals surface area (Å²) in [5.74, 6) is 0.0562. The Morgan fingerprint density at radius 3 is 2.18 bits per heavy atom. The molecule has 170 valence electrons. The number of nitrogens with zero attached hydrogens (tertiary/aromatic N) is 1. The van der Waals surface area contributed by atoms with Gasteiger partial charge in [0.25, 0.3) is 0 Å². The Bertz CT molecular complexity index is 1130. The summed E-state index contributed by atoms with van der Waals surface area (Å²) in [5.41, 5.74) is 3.68. The molecule has 0 aromatic heterocycles. The van der Waals surface area contributed by atoms with E-state index in [1.165, 1.54) is 16.0 Å². The van der Waals surface area contributed by atoms with Crippen LogP contribution in [0, 0.1) is 13.8 Å². The third-order valence-electron chi connectivity index (χ3n) is 6.49. The number of benzene rings is 3. The standard InChI is InChI=1S/C28H30N2O2S/c1-20-9-14-26(21(2)19-20)33-25-12-10-24(11-13-25)29-27(32)28(23-7-5-4-6-8-23)15-17-30(18-16-28)22(3)31/h4-14,19H,15-18H2,1-3H3,(H,29,32). The fraction of sp³-hybridized carbons (Fsp3) is 0.286. The van der Waals surface area contributed by atoms with Gasteiger partial charge in [-0.2, -0.15) is 0 Å². The van der Waals surface area contributed by atoms with E-state index < -0.39 is 5.41 Å². The van der Waals surface area contributed by atoms with E-state index >= 15 is 0 Å². The van der Waals surface area contributed by atoms with Crippen LogP contribution in [0.5, 0.6) is 0 Å². The van der Waals surface area contributed by atoms with E-state index in [9.17, 15) is 9.59 Å². The molecule has 0 unspecified atom stereocenters. The van der Waals surface area contributed by atoms with Gasteiger partial charge in [-0.3, -0.25) is 9.59 Å². The van der Waals surface area contributed by atoms with Gasteiger partial charge in [-0.25, -0.2) is 0 Å². The molecule has 2 amide bonds. The van der Waals surface area contributed by atoms with Gasteiger partial charge in [0, 0.05) is 35.5 Å². The van der Waals surface area contributed by atoms with Crippen molar-refractivity contribution in [1.29, 1.82) is 0 Å². The van der Waals surface area contributed by atoms with Crippen molar-refractivity contribution in [2.24, 2.45) is 0 Å². The van der Waals surface area contributed by atoms with Gasteiger partial charge in [0.15, 0.2) is 0 Å². The molecule has 33 heavy (non-hydrogen) atoms. The lowest BCUT2D eigenvalue weighted by Crippen LogP contribution is -2.50. The number of carbonyl (C=O) groups excluding carboxylic acids is 2. The lowest BCUT2D eigenvalue weighted by Gasteiger charge is -2.40. The predicted molar refractivity (Wildman–Crippen MR) is 135 cm³/mol. The van der Waals surface area contributed by atoms with Crippen LogP contribution in [-0.4, -0.2) is 29.8 Å². The van der Waals surface area contributed by atoms with Gasteiger partial charge in [-0.1, -0.05) is 59.8 Å². The van der Waals surface area contributed by atoms with Crippen LogP contribution in [0.15, 0.2) is 82.6 Å². The molecule has 5 heteroatoms. The monoisotopic (exact) mass is 458 g/mol. The molecular formula is C28H30N2O2S. The highest BCUT2D eigenvalue weighted by Crippen LogP contribution is 2.37. The van der Waals surface area contributed by atoms with Crippen molar-refractivity contribution in [3.05, 3.63) is 89.5 Å². The van der Waals surface area contributed by atoms with Crippen molar-refractivity contribution in [3.63, 3.8) is 0 Å². The van der Waals surface area contributed by atoms with Crippen LogP contribution >= 0.6 is 11.8 Å².